The summed E-state index contributed by atoms with van der Waals surface area (Å²) in [6, 6.07) is 16.6. The third-order valence-electron chi connectivity index (χ3n) is 4.98. The smallest absolute Gasteiger partial charge is 0.323 e. The van der Waals surface area contributed by atoms with Gasteiger partial charge in [0.05, 0.1) is 5.69 Å². The van der Waals surface area contributed by atoms with Crippen LogP contribution < -0.4 is 15.5 Å². The average molecular weight is 406 g/mol. The van der Waals surface area contributed by atoms with Gasteiger partial charge in [0.25, 0.3) is 0 Å². The maximum absolute atomic E-state index is 13.3. The SMILES string of the molecule is CN1CCN(c2ccc(-c3cccc(NC(=O)Nc4cccc(F)c4)c3)nn2)CC1. The number of carbonyl (C=O) groups is 1. The fourth-order valence-electron chi connectivity index (χ4n) is 3.30. The third-order valence-corrected chi connectivity index (χ3v) is 4.98. The number of likely N-dealkylation sites (N-methyl/N-ethyl adjacent to an activating group) is 1. The van der Waals surface area contributed by atoms with E-state index in [9.17, 15) is 9.18 Å². The normalized spacial score (nSPS) is 14.4. The molecule has 154 valence electrons. The quantitative estimate of drug-likeness (QED) is 0.692. The molecule has 3 aromatic rings. The number of anilines is 3. The zero-order chi connectivity index (χ0) is 20.9. The van der Waals surface area contributed by atoms with Gasteiger partial charge in [-0.3, -0.25) is 0 Å². The number of amides is 2. The number of carbonyl (C=O) groups excluding carboxylic acids is 1. The van der Waals surface area contributed by atoms with Gasteiger partial charge in [0.2, 0.25) is 0 Å². The predicted octanol–water partition coefficient (Wildman–Crippen LogP) is 3.68. The maximum atomic E-state index is 13.3. The van der Waals surface area contributed by atoms with Gasteiger partial charge in [-0.25, -0.2) is 9.18 Å². The molecule has 2 heterocycles. The summed E-state index contributed by atoms with van der Waals surface area (Å²) < 4.78 is 13.3. The monoisotopic (exact) mass is 406 g/mol. The zero-order valence-electron chi connectivity index (χ0n) is 16.7. The van der Waals surface area contributed by atoms with Crippen molar-refractivity contribution in [3.05, 3.63) is 66.5 Å². The number of benzene rings is 2. The van der Waals surface area contributed by atoms with Crippen LogP contribution >= 0.6 is 0 Å². The summed E-state index contributed by atoms with van der Waals surface area (Å²) in [6.07, 6.45) is 0. The molecule has 0 aliphatic carbocycles. The second-order valence-corrected chi connectivity index (χ2v) is 7.24. The number of nitrogens with one attached hydrogen (secondary N) is 2. The van der Waals surface area contributed by atoms with E-state index in [0.717, 1.165) is 43.3 Å². The summed E-state index contributed by atoms with van der Waals surface area (Å²) in [5.41, 5.74) is 2.55. The van der Waals surface area contributed by atoms with E-state index < -0.39 is 11.8 Å². The lowest BCUT2D eigenvalue weighted by Crippen LogP contribution is -2.44. The minimum Gasteiger partial charge on any atom is -0.353 e. The van der Waals surface area contributed by atoms with Crippen molar-refractivity contribution in [1.29, 1.82) is 0 Å². The highest BCUT2D eigenvalue weighted by atomic mass is 19.1. The van der Waals surface area contributed by atoms with E-state index in [1.165, 1.54) is 18.2 Å². The van der Waals surface area contributed by atoms with E-state index in [2.05, 4.69) is 37.7 Å². The molecule has 1 fully saturated rings. The van der Waals surface area contributed by atoms with Crippen LogP contribution in [-0.4, -0.2) is 54.4 Å². The van der Waals surface area contributed by atoms with Crippen LogP contribution in [0.25, 0.3) is 11.3 Å². The molecular formula is C22H23FN6O. The van der Waals surface area contributed by atoms with Crippen molar-refractivity contribution in [2.24, 2.45) is 0 Å². The Bertz CT molecular complexity index is 1020. The van der Waals surface area contributed by atoms with Crippen molar-refractivity contribution in [3.8, 4) is 11.3 Å². The minimum absolute atomic E-state index is 0.383. The van der Waals surface area contributed by atoms with Crippen molar-refractivity contribution in [2.45, 2.75) is 0 Å². The van der Waals surface area contributed by atoms with Gasteiger partial charge in [-0.2, -0.15) is 0 Å². The maximum Gasteiger partial charge on any atom is 0.323 e. The Morgan fingerprint density at radius 2 is 1.60 bits per heavy atom. The largest absolute Gasteiger partial charge is 0.353 e. The van der Waals surface area contributed by atoms with Crippen molar-refractivity contribution in [1.82, 2.24) is 15.1 Å². The van der Waals surface area contributed by atoms with E-state index >= 15 is 0 Å². The van der Waals surface area contributed by atoms with Gasteiger partial charge in [0.15, 0.2) is 5.82 Å². The molecule has 0 saturated carbocycles. The molecule has 1 aliphatic rings. The number of hydrogen-bond acceptors (Lipinski definition) is 5. The fraction of sp³-hybridized carbons (Fsp3) is 0.227. The first-order valence-corrected chi connectivity index (χ1v) is 9.78. The molecule has 0 bridgehead atoms. The average Bonchev–Trinajstić information content (AvgIpc) is 2.74. The lowest BCUT2D eigenvalue weighted by atomic mass is 10.1. The Kier molecular flexibility index (Phi) is 5.85. The number of hydrogen-bond donors (Lipinski definition) is 2. The molecule has 1 saturated heterocycles. The molecule has 4 rings (SSSR count). The van der Waals surface area contributed by atoms with Gasteiger partial charge < -0.3 is 20.4 Å². The molecule has 0 radical (unpaired) electrons. The molecule has 0 atom stereocenters. The van der Waals surface area contributed by atoms with Gasteiger partial charge in [0, 0.05) is 43.1 Å². The second-order valence-electron chi connectivity index (χ2n) is 7.24. The third kappa shape index (κ3) is 4.90. The second kappa shape index (κ2) is 8.87. The standard InChI is InChI=1S/C22H23FN6O/c1-28-10-12-29(13-11-28)21-9-8-20(26-27-21)16-4-2-6-18(14-16)24-22(30)25-19-7-3-5-17(23)15-19/h2-9,14-15H,10-13H2,1H3,(H2,24,25,30). The van der Waals surface area contributed by atoms with Crippen LogP contribution in [0.3, 0.4) is 0 Å². The lowest BCUT2D eigenvalue weighted by Gasteiger charge is -2.32. The molecule has 2 aromatic carbocycles. The van der Waals surface area contributed by atoms with Crippen LogP contribution in [0.5, 0.6) is 0 Å². The molecule has 1 aliphatic heterocycles. The Labute approximate surface area is 174 Å². The van der Waals surface area contributed by atoms with Gasteiger partial charge >= 0.3 is 6.03 Å². The lowest BCUT2D eigenvalue weighted by molar-refractivity contribution is 0.262. The summed E-state index contributed by atoms with van der Waals surface area (Å²) in [7, 11) is 2.12. The molecule has 2 N–H and O–H groups in total. The van der Waals surface area contributed by atoms with E-state index in [1.807, 2.05) is 30.3 Å². The first-order chi connectivity index (χ1) is 14.6. The molecule has 0 unspecified atom stereocenters. The molecule has 2 amide bonds. The van der Waals surface area contributed by atoms with Crippen molar-refractivity contribution in [2.75, 3.05) is 48.8 Å². The number of urea groups is 1. The van der Waals surface area contributed by atoms with E-state index in [1.54, 1.807) is 12.1 Å². The van der Waals surface area contributed by atoms with Crippen molar-refractivity contribution < 1.29 is 9.18 Å². The first kappa shape index (κ1) is 19.8. The Hall–Kier alpha value is -3.52. The minimum atomic E-state index is -0.450. The first-order valence-electron chi connectivity index (χ1n) is 9.78. The van der Waals surface area contributed by atoms with Gasteiger partial charge in [0.1, 0.15) is 5.82 Å². The molecule has 0 spiro atoms. The summed E-state index contributed by atoms with van der Waals surface area (Å²) >= 11 is 0. The molecule has 8 heteroatoms. The Balaban J connectivity index is 1.42. The summed E-state index contributed by atoms with van der Waals surface area (Å²) in [6.45, 7) is 3.89. The number of piperazine rings is 1. The predicted molar refractivity (Wildman–Crippen MR) is 116 cm³/mol. The number of rotatable bonds is 4. The number of halogens is 1. The van der Waals surface area contributed by atoms with Crippen LogP contribution in [0.1, 0.15) is 0 Å². The molecular weight excluding hydrogens is 383 g/mol. The number of nitrogens with zero attached hydrogens (tertiary/aromatic N) is 4. The topological polar surface area (TPSA) is 73.4 Å². The van der Waals surface area contributed by atoms with Crippen LogP contribution in [-0.2, 0) is 0 Å². The highest BCUT2D eigenvalue weighted by molar-refractivity contribution is 6.00. The van der Waals surface area contributed by atoms with E-state index in [0.29, 0.717) is 11.4 Å². The summed E-state index contributed by atoms with van der Waals surface area (Å²) in [4.78, 5) is 16.7. The summed E-state index contributed by atoms with van der Waals surface area (Å²) in [5, 5.41) is 14.1. The zero-order valence-corrected chi connectivity index (χ0v) is 16.7. The van der Waals surface area contributed by atoms with Crippen LogP contribution in [0, 0.1) is 5.82 Å². The fourth-order valence-corrected chi connectivity index (χ4v) is 3.30. The van der Waals surface area contributed by atoms with Crippen LogP contribution in [0.4, 0.5) is 26.4 Å². The summed E-state index contributed by atoms with van der Waals surface area (Å²) in [5.74, 6) is 0.462. The Morgan fingerprint density at radius 3 is 2.27 bits per heavy atom. The van der Waals surface area contributed by atoms with Crippen LogP contribution in [0.2, 0.25) is 0 Å². The molecule has 7 nitrogen and oxygen atoms in total. The highest BCUT2D eigenvalue weighted by Crippen LogP contribution is 2.22. The molecule has 30 heavy (non-hydrogen) atoms. The highest BCUT2D eigenvalue weighted by Gasteiger charge is 2.15. The van der Waals surface area contributed by atoms with Gasteiger partial charge in [-0.05, 0) is 49.5 Å². The van der Waals surface area contributed by atoms with Gasteiger partial charge in [-0.1, -0.05) is 18.2 Å². The van der Waals surface area contributed by atoms with E-state index in [-0.39, 0.29) is 0 Å². The van der Waals surface area contributed by atoms with Crippen LogP contribution in [0.15, 0.2) is 60.7 Å². The molecule has 1 aromatic heterocycles. The van der Waals surface area contributed by atoms with Crippen molar-refractivity contribution in [3.63, 3.8) is 0 Å². The van der Waals surface area contributed by atoms with Gasteiger partial charge in [-0.15, -0.1) is 10.2 Å². The van der Waals surface area contributed by atoms with Crippen molar-refractivity contribution >= 4 is 23.2 Å². The Morgan fingerprint density at radius 1 is 0.900 bits per heavy atom. The van der Waals surface area contributed by atoms with E-state index in [4.69, 9.17) is 0 Å². The number of aromatic nitrogens is 2.